The zero-order valence-corrected chi connectivity index (χ0v) is 11.9. The molecule has 0 amide bonds. The molecule has 0 spiro atoms. The monoisotopic (exact) mass is 299 g/mol. The summed E-state index contributed by atoms with van der Waals surface area (Å²) in [5.41, 5.74) is 1.67. The van der Waals surface area contributed by atoms with Gasteiger partial charge in [-0.05, 0) is 48.6 Å². The number of nitrogens with zero attached hydrogens (tertiary/aromatic N) is 3. The lowest BCUT2D eigenvalue weighted by molar-refractivity contribution is 0.193. The van der Waals surface area contributed by atoms with E-state index in [0.29, 0.717) is 10.6 Å². The highest BCUT2D eigenvalue weighted by molar-refractivity contribution is 7.71. The molecule has 0 unspecified atom stereocenters. The number of benzene rings is 2. The standard InChI is InChI=1S/C15H13N3O2S/c19-10-17-15(21)18(12-4-2-1-3-5-12)14(16-17)11-6-8-13(20)9-7-11/h1-9,19-20H,10H2. The van der Waals surface area contributed by atoms with Crippen LogP contribution in [0.4, 0.5) is 0 Å². The van der Waals surface area contributed by atoms with Crippen LogP contribution < -0.4 is 0 Å². The summed E-state index contributed by atoms with van der Waals surface area (Å²) in [7, 11) is 0. The van der Waals surface area contributed by atoms with Crippen LogP contribution in [0.5, 0.6) is 5.75 Å². The molecular formula is C15H13N3O2S. The summed E-state index contributed by atoms with van der Waals surface area (Å²) in [5, 5.41) is 23.1. The van der Waals surface area contributed by atoms with E-state index in [1.165, 1.54) is 4.68 Å². The number of hydrogen-bond donors (Lipinski definition) is 2. The molecule has 0 aliphatic heterocycles. The Labute approximate surface area is 126 Å². The molecule has 5 nitrogen and oxygen atoms in total. The molecule has 0 atom stereocenters. The highest BCUT2D eigenvalue weighted by Crippen LogP contribution is 2.24. The second kappa shape index (κ2) is 5.51. The van der Waals surface area contributed by atoms with Crippen molar-refractivity contribution in [3.63, 3.8) is 0 Å². The highest BCUT2D eigenvalue weighted by atomic mass is 32.1. The topological polar surface area (TPSA) is 63.2 Å². The van der Waals surface area contributed by atoms with Crippen LogP contribution in [-0.4, -0.2) is 24.6 Å². The largest absolute Gasteiger partial charge is 0.508 e. The van der Waals surface area contributed by atoms with Crippen LogP contribution in [0, 0.1) is 4.77 Å². The maximum atomic E-state index is 9.40. The average molecular weight is 299 g/mol. The Morgan fingerprint density at radius 2 is 1.67 bits per heavy atom. The van der Waals surface area contributed by atoms with Crippen LogP contribution >= 0.6 is 12.2 Å². The fourth-order valence-corrected chi connectivity index (χ4v) is 2.40. The molecule has 21 heavy (non-hydrogen) atoms. The van der Waals surface area contributed by atoms with Crippen LogP contribution in [0.25, 0.3) is 17.1 Å². The fourth-order valence-electron chi connectivity index (χ4n) is 2.11. The molecule has 0 aliphatic carbocycles. The third-order valence-electron chi connectivity index (χ3n) is 3.11. The Balaban J connectivity index is 2.25. The van der Waals surface area contributed by atoms with E-state index in [0.717, 1.165) is 11.3 Å². The first-order valence-corrected chi connectivity index (χ1v) is 6.77. The fraction of sp³-hybridized carbons (Fsp3) is 0.0667. The second-order valence-corrected chi connectivity index (χ2v) is 4.83. The molecule has 0 fully saturated rings. The van der Waals surface area contributed by atoms with Crippen LogP contribution in [0.2, 0.25) is 0 Å². The van der Waals surface area contributed by atoms with Gasteiger partial charge in [0.15, 0.2) is 5.82 Å². The normalized spacial score (nSPS) is 10.7. The van der Waals surface area contributed by atoms with Crippen molar-refractivity contribution < 1.29 is 10.2 Å². The van der Waals surface area contributed by atoms with E-state index in [2.05, 4.69) is 5.10 Å². The molecule has 106 valence electrons. The highest BCUT2D eigenvalue weighted by Gasteiger charge is 2.13. The van der Waals surface area contributed by atoms with Gasteiger partial charge in [0.1, 0.15) is 12.5 Å². The zero-order chi connectivity index (χ0) is 14.8. The van der Waals surface area contributed by atoms with E-state index in [9.17, 15) is 10.2 Å². The molecule has 6 heteroatoms. The lowest BCUT2D eigenvalue weighted by Gasteiger charge is -2.06. The second-order valence-electron chi connectivity index (χ2n) is 4.46. The number of aliphatic hydroxyl groups excluding tert-OH is 1. The number of phenolic OH excluding ortho intramolecular Hbond substituents is 1. The van der Waals surface area contributed by atoms with Crippen LogP contribution in [-0.2, 0) is 6.73 Å². The Morgan fingerprint density at radius 1 is 1.00 bits per heavy atom. The van der Waals surface area contributed by atoms with E-state index >= 15 is 0 Å². The molecule has 1 heterocycles. The Hall–Kier alpha value is -2.44. The van der Waals surface area contributed by atoms with Gasteiger partial charge in [-0.1, -0.05) is 18.2 Å². The van der Waals surface area contributed by atoms with Gasteiger partial charge in [0, 0.05) is 11.3 Å². The first kappa shape index (κ1) is 13.5. The minimum atomic E-state index is -0.288. The van der Waals surface area contributed by atoms with Crippen molar-refractivity contribution in [1.29, 1.82) is 0 Å². The van der Waals surface area contributed by atoms with E-state index in [4.69, 9.17) is 12.2 Å². The smallest absolute Gasteiger partial charge is 0.205 e. The van der Waals surface area contributed by atoms with Crippen molar-refractivity contribution in [2.75, 3.05) is 0 Å². The number of aromatic nitrogens is 3. The summed E-state index contributed by atoms with van der Waals surface area (Å²) in [5.74, 6) is 0.797. The van der Waals surface area contributed by atoms with Gasteiger partial charge in [-0.3, -0.25) is 4.57 Å². The number of aromatic hydroxyl groups is 1. The van der Waals surface area contributed by atoms with E-state index < -0.39 is 0 Å². The molecular weight excluding hydrogens is 286 g/mol. The Morgan fingerprint density at radius 3 is 2.29 bits per heavy atom. The molecule has 0 saturated carbocycles. The van der Waals surface area contributed by atoms with Crippen LogP contribution in [0.1, 0.15) is 0 Å². The van der Waals surface area contributed by atoms with Crippen LogP contribution in [0.15, 0.2) is 54.6 Å². The maximum absolute atomic E-state index is 9.40. The Kier molecular flexibility index (Phi) is 3.55. The summed E-state index contributed by atoms with van der Waals surface area (Å²) < 4.78 is 3.55. The van der Waals surface area contributed by atoms with Crippen molar-refractivity contribution in [2.24, 2.45) is 0 Å². The van der Waals surface area contributed by atoms with Gasteiger partial charge in [0.2, 0.25) is 4.77 Å². The summed E-state index contributed by atoms with van der Waals surface area (Å²) in [6.07, 6.45) is 0. The number of aliphatic hydroxyl groups is 1. The zero-order valence-electron chi connectivity index (χ0n) is 11.0. The van der Waals surface area contributed by atoms with E-state index in [1.807, 2.05) is 30.3 Å². The average Bonchev–Trinajstić information content (AvgIpc) is 2.85. The molecule has 0 aliphatic rings. The van der Waals surface area contributed by atoms with Gasteiger partial charge in [0.05, 0.1) is 0 Å². The predicted molar refractivity (Wildman–Crippen MR) is 81.7 cm³/mol. The van der Waals surface area contributed by atoms with Crippen molar-refractivity contribution in [3.8, 4) is 22.8 Å². The lowest BCUT2D eigenvalue weighted by atomic mass is 10.2. The Bertz CT molecular complexity index is 807. The predicted octanol–water partition coefficient (Wildman–Crippen LogP) is 2.73. The van der Waals surface area contributed by atoms with Crippen molar-refractivity contribution >= 4 is 12.2 Å². The third-order valence-corrected chi connectivity index (χ3v) is 3.51. The van der Waals surface area contributed by atoms with Crippen molar-refractivity contribution in [3.05, 3.63) is 59.4 Å². The quantitative estimate of drug-likeness (QED) is 0.730. The summed E-state index contributed by atoms with van der Waals surface area (Å²) in [6, 6.07) is 16.3. The first-order chi connectivity index (χ1) is 10.2. The molecule has 3 rings (SSSR count). The van der Waals surface area contributed by atoms with Crippen molar-refractivity contribution in [1.82, 2.24) is 14.3 Å². The number of hydrogen-bond acceptors (Lipinski definition) is 4. The summed E-state index contributed by atoms with van der Waals surface area (Å²) in [6.45, 7) is -0.288. The van der Waals surface area contributed by atoms with Gasteiger partial charge < -0.3 is 10.2 Å². The lowest BCUT2D eigenvalue weighted by Crippen LogP contribution is -2.00. The van der Waals surface area contributed by atoms with E-state index in [-0.39, 0.29) is 12.5 Å². The van der Waals surface area contributed by atoms with Crippen molar-refractivity contribution in [2.45, 2.75) is 6.73 Å². The van der Waals surface area contributed by atoms with E-state index in [1.54, 1.807) is 28.8 Å². The molecule has 0 saturated heterocycles. The van der Waals surface area contributed by atoms with Gasteiger partial charge in [-0.15, -0.1) is 5.10 Å². The third kappa shape index (κ3) is 2.46. The van der Waals surface area contributed by atoms with Gasteiger partial charge in [-0.2, -0.15) is 0 Å². The minimum absolute atomic E-state index is 0.185. The van der Waals surface area contributed by atoms with Gasteiger partial charge >= 0.3 is 0 Å². The SMILES string of the molecule is OCn1nc(-c2ccc(O)cc2)n(-c2ccccc2)c1=S. The molecule has 3 aromatic rings. The summed E-state index contributed by atoms with van der Waals surface area (Å²) in [4.78, 5) is 0. The maximum Gasteiger partial charge on any atom is 0.205 e. The molecule has 2 aromatic carbocycles. The molecule has 0 bridgehead atoms. The molecule has 1 aromatic heterocycles. The van der Waals surface area contributed by atoms with Crippen LogP contribution in [0.3, 0.4) is 0 Å². The van der Waals surface area contributed by atoms with Gasteiger partial charge in [-0.25, -0.2) is 4.68 Å². The first-order valence-electron chi connectivity index (χ1n) is 6.36. The minimum Gasteiger partial charge on any atom is -0.508 e. The van der Waals surface area contributed by atoms with Gasteiger partial charge in [0.25, 0.3) is 0 Å². The molecule has 0 radical (unpaired) electrons. The summed E-state index contributed by atoms with van der Waals surface area (Å²) >= 11 is 5.37. The molecule has 2 N–H and O–H groups in total. The number of phenols is 1. The number of rotatable bonds is 3. The number of para-hydroxylation sites is 1.